The quantitative estimate of drug-likeness (QED) is 0.212. The summed E-state index contributed by atoms with van der Waals surface area (Å²) in [6, 6.07) is 28.0. The van der Waals surface area contributed by atoms with Crippen LogP contribution in [0.15, 0.2) is 95.4 Å². The average Bonchev–Trinajstić information content (AvgIpc) is 3.35. The molecule has 5 rings (SSSR count). The number of hydrogen-bond acceptors (Lipinski definition) is 5. The molecule has 1 aromatic heterocycles. The third kappa shape index (κ3) is 5.35. The minimum atomic E-state index is -0.484. The van der Waals surface area contributed by atoms with Gasteiger partial charge >= 0.3 is 5.97 Å². The van der Waals surface area contributed by atoms with Gasteiger partial charge < -0.3 is 4.42 Å². The van der Waals surface area contributed by atoms with Crippen molar-refractivity contribution in [1.82, 2.24) is 4.98 Å². The number of rotatable bonds is 7. The van der Waals surface area contributed by atoms with Gasteiger partial charge in [0.05, 0.1) is 0 Å². The van der Waals surface area contributed by atoms with Crippen molar-refractivity contribution in [2.45, 2.75) is 32.6 Å². The lowest BCUT2D eigenvalue weighted by atomic mass is 9.83. The molecule has 4 aromatic rings. The molecule has 3 aromatic carbocycles. The van der Waals surface area contributed by atoms with Gasteiger partial charge in [-0.1, -0.05) is 78.9 Å². The van der Waals surface area contributed by atoms with Crippen LogP contribution in [0.5, 0.6) is 5.75 Å². The molecule has 0 saturated heterocycles. The van der Waals surface area contributed by atoms with Crippen molar-refractivity contribution >= 4 is 11.5 Å². The zero-order valence-electron chi connectivity index (χ0n) is 19.6. The van der Waals surface area contributed by atoms with E-state index in [1.807, 2.05) is 60.7 Å². The van der Waals surface area contributed by atoms with Gasteiger partial charge in [0.1, 0.15) is 5.69 Å². The Labute approximate surface area is 205 Å². The second-order valence-corrected chi connectivity index (χ2v) is 8.72. The van der Waals surface area contributed by atoms with Crippen LogP contribution in [0.3, 0.4) is 0 Å². The Morgan fingerprint density at radius 3 is 2.31 bits per heavy atom. The molecule has 1 unspecified atom stereocenters. The summed E-state index contributed by atoms with van der Waals surface area (Å²) in [5.41, 5.74) is 5.26. The number of carbonyl (C=O) groups is 1. The molecule has 1 aliphatic rings. The molecular weight excluding hydrogens is 438 g/mol. The first-order valence-electron chi connectivity index (χ1n) is 11.9. The number of allylic oxidation sites excluding steroid dienone is 2. The van der Waals surface area contributed by atoms with Gasteiger partial charge in [0.15, 0.2) is 11.5 Å². The second kappa shape index (κ2) is 10.4. The zero-order chi connectivity index (χ0) is 24.0. The van der Waals surface area contributed by atoms with Crippen molar-refractivity contribution in [1.29, 1.82) is 0 Å². The van der Waals surface area contributed by atoms with E-state index in [0.717, 1.165) is 53.8 Å². The number of carbonyl (C=O) groups excluding carboxylic acids is 1. The molecule has 35 heavy (non-hydrogen) atoms. The Bertz CT molecular complexity index is 1250. The lowest BCUT2D eigenvalue weighted by Gasteiger charge is -2.22. The Balaban J connectivity index is 1.44. The van der Waals surface area contributed by atoms with Crippen LogP contribution in [0.4, 0.5) is 0 Å². The molecule has 1 aliphatic carbocycles. The molecule has 0 radical (unpaired) electrons. The van der Waals surface area contributed by atoms with E-state index in [2.05, 4.69) is 35.2 Å². The minimum absolute atomic E-state index is 0.301. The maximum absolute atomic E-state index is 11.0. The monoisotopic (exact) mass is 465 g/mol. The van der Waals surface area contributed by atoms with Gasteiger partial charge in [0.25, 0.3) is 0 Å². The average molecular weight is 466 g/mol. The van der Waals surface area contributed by atoms with Crippen LogP contribution in [0, 0.1) is 5.92 Å². The van der Waals surface area contributed by atoms with Crippen LogP contribution in [-0.2, 0) is 16.1 Å². The van der Waals surface area contributed by atoms with Gasteiger partial charge in [-0.15, -0.1) is 0 Å². The van der Waals surface area contributed by atoms with Crippen molar-refractivity contribution < 1.29 is 19.0 Å². The van der Waals surface area contributed by atoms with Gasteiger partial charge in [-0.2, -0.15) is 0 Å². The summed E-state index contributed by atoms with van der Waals surface area (Å²) in [7, 11) is 0. The first kappa shape index (κ1) is 22.7. The molecule has 5 heteroatoms. The third-order valence-electron chi connectivity index (χ3n) is 6.18. The van der Waals surface area contributed by atoms with Crippen LogP contribution in [0.25, 0.3) is 28.2 Å². The highest BCUT2D eigenvalue weighted by atomic mass is 17.2. The fourth-order valence-corrected chi connectivity index (χ4v) is 4.51. The zero-order valence-corrected chi connectivity index (χ0v) is 19.6. The Kier molecular flexibility index (Phi) is 6.75. The normalized spacial score (nSPS) is 15.3. The molecule has 0 spiro atoms. The highest BCUT2D eigenvalue weighted by Gasteiger charge is 2.26. The number of oxazole rings is 1. The third-order valence-corrected chi connectivity index (χ3v) is 6.18. The van der Waals surface area contributed by atoms with Crippen LogP contribution < -0.4 is 4.89 Å². The fraction of sp³-hybridized carbons (Fsp3) is 0.200. The summed E-state index contributed by atoms with van der Waals surface area (Å²) in [5.74, 6) is 1.80. The molecule has 176 valence electrons. The fourth-order valence-electron chi connectivity index (χ4n) is 4.51. The van der Waals surface area contributed by atoms with E-state index in [1.54, 1.807) is 0 Å². The molecule has 0 saturated carbocycles. The van der Waals surface area contributed by atoms with Gasteiger partial charge in [-0.05, 0) is 49.3 Å². The first-order valence-corrected chi connectivity index (χ1v) is 11.9. The number of nitrogens with zero attached hydrogens (tertiary/aromatic N) is 1. The van der Waals surface area contributed by atoms with Gasteiger partial charge in [0, 0.05) is 23.6 Å². The highest BCUT2D eigenvalue weighted by Crippen LogP contribution is 2.40. The molecule has 0 bridgehead atoms. The van der Waals surface area contributed by atoms with Crippen LogP contribution in [-0.4, -0.2) is 11.0 Å². The van der Waals surface area contributed by atoms with Crippen molar-refractivity contribution in [2.75, 3.05) is 0 Å². The van der Waals surface area contributed by atoms with E-state index in [9.17, 15) is 4.79 Å². The van der Waals surface area contributed by atoms with Crippen molar-refractivity contribution in [3.63, 3.8) is 0 Å². The Morgan fingerprint density at radius 2 is 1.63 bits per heavy atom. The molecule has 0 amide bonds. The number of hydrogen-bond donors (Lipinski definition) is 0. The first-order chi connectivity index (χ1) is 17.2. The van der Waals surface area contributed by atoms with Gasteiger partial charge in [-0.3, -0.25) is 9.78 Å². The summed E-state index contributed by atoms with van der Waals surface area (Å²) >= 11 is 0. The van der Waals surface area contributed by atoms with Crippen molar-refractivity contribution in [3.05, 3.63) is 102 Å². The molecule has 1 heterocycles. The summed E-state index contributed by atoms with van der Waals surface area (Å²) in [6.07, 6.45) is 6.37. The largest absolute Gasteiger partial charge is 0.436 e. The van der Waals surface area contributed by atoms with E-state index in [-0.39, 0.29) is 0 Å². The van der Waals surface area contributed by atoms with Crippen LogP contribution >= 0.6 is 0 Å². The van der Waals surface area contributed by atoms with E-state index < -0.39 is 5.97 Å². The summed E-state index contributed by atoms with van der Waals surface area (Å²) in [5, 5.41) is 0. The minimum Gasteiger partial charge on any atom is -0.436 e. The van der Waals surface area contributed by atoms with Gasteiger partial charge in [-0.25, -0.2) is 9.78 Å². The van der Waals surface area contributed by atoms with Crippen molar-refractivity contribution in [2.24, 2.45) is 5.92 Å². The van der Waals surface area contributed by atoms with E-state index >= 15 is 0 Å². The maximum atomic E-state index is 11.0. The van der Waals surface area contributed by atoms with Crippen LogP contribution in [0.1, 0.15) is 37.6 Å². The Morgan fingerprint density at radius 1 is 0.943 bits per heavy atom. The number of aromatic nitrogens is 1. The summed E-state index contributed by atoms with van der Waals surface area (Å²) in [6.45, 7) is 1.31. The molecule has 0 fully saturated rings. The van der Waals surface area contributed by atoms with E-state index in [1.165, 1.54) is 12.5 Å². The van der Waals surface area contributed by atoms with Gasteiger partial charge in [0.2, 0.25) is 5.89 Å². The predicted molar refractivity (Wildman–Crippen MR) is 135 cm³/mol. The molecule has 0 N–H and O–H groups in total. The highest BCUT2D eigenvalue weighted by molar-refractivity contribution is 5.79. The van der Waals surface area contributed by atoms with Crippen molar-refractivity contribution in [3.8, 4) is 28.3 Å². The van der Waals surface area contributed by atoms with Crippen LogP contribution in [0.2, 0.25) is 0 Å². The summed E-state index contributed by atoms with van der Waals surface area (Å²) < 4.78 is 6.49. The lowest BCUT2D eigenvalue weighted by molar-refractivity contribution is -0.210. The standard InChI is InChI=1S/C30H27NO4/c1-21(32)34-35-26-18-16-22(17-19-26)20-25-14-8-9-15-27(25)30-31-28(23-10-4-2-5-11-23)29(33-30)24-12-6-3-7-13-24/h2-7,10-13,15-19,25H,8-9,14,20H2,1H3. The molecular formula is C30H27NO4. The SMILES string of the molecule is CC(=O)OOc1ccc(CC2CCCC=C2c2nc(-c3ccccc3)c(-c3ccccc3)o2)cc1. The lowest BCUT2D eigenvalue weighted by Crippen LogP contribution is -2.11. The van der Waals surface area contributed by atoms with E-state index in [0.29, 0.717) is 17.6 Å². The smallest absolute Gasteiger partial charge is 0.352 e. The second-order valence-electron chi connectivity index (χ2n) is 8.72. The molecule has 5 nitrogen and oxygen atoms in total. The topological polar surface area (TPSA) is 61.6 Å². The summed E-state index contributed by atoms with van der Waals surface area (Å²) in [4.78, 5) is 25.6. The number of benzene rings is 3. The van der Waals surface area contributed by atoms with E-state index in [4.69, 9.17) is 14.3 Å². The molecule has 0 aliphatic heterocycles. The molecule has 1 atom stereocenters. The Hall–Kier alpha value is -4.12. The predicted octanol–water partition coefficient (Wildman–Crippen LogP) is 7.29. The maximum Gasteiger partial charge on any atom is 0.352 e.